The summed E-state index contributed by atoms with van der Waals surface area (Å²) < 4.78 is 5.28. The van der Waals surface area contributed by atoms with Gasteiger partial charge in [-0.3, -0.25) is 9.69 Å². The summed E-state index contributed by atoms with van der Waals surface area (Å²) >= 11 is 0. The molecule has 7 nitrogen and oxygen atoms in total. The number of amides is 1. The average molecular weight is 275 g/mol. The largest absolute Gasteiger partial charge is 0.379 e. The molecule has 0 saturated carbocycles. The van der Waals surface area contributed by atoms with Crippen LogP contribution in [0.1, 0.15) is 10.5 Å². The lowest BCUT2D eigenvalue weighted by atomic mass is 10.3. The molecule has 0 aliphatic carbocycles. The Kier molecular flexibility index (Phi) is 3.89. The van der Waals surface area contributed by atoms with Crippen LogP contribution in [-0.4, -0.2) is 65.2 Å². The lowest BCUT2D eigenvalue weighted by molar-refractivity contribution is 0.0383. The van der Waals surface area contributed by atoms with Crippen LogP contribution >= 0.6 is 0 Å². The van der Waals surface area contributed by atoms with Crippen LogP contribution in [0.5, 0.6) is 0 Å². The number of hydrogen-bond donors (Lipinski definition) is 2. The summed E-state index contributed by atoms with van der Waals surface area (Å²) in [7, 11) is 0. The van der Waals surface area contributed by atoms with E-state index < -0.39 is 0 Å². The lowest BCUT2D eigenvalue weighted by Gasteiger charge is -2.26. The van der Waals surface area contributed by atoms with Gasteiger partial charge in [0.1, 0.15) is 11.2 Å². The van der Waals surface area contributed by atoms with Crippen LogP contribution in [0.15, 0.2) is 18.6 Å². The molecule has 0 unspecified atom stereocenters. The predicted octanol–water partition coefficient (Wildman–Crippen LogP) is 0.0199. The molecular weight excluding hydrogens is 258 g/mol. The number of hydrogen-bond acceptors (Lipinski definition) is 5. The number of carbonyl (C=O) groups is 1. The number of nitrogens with zero attached hydrogens (tertiary/aromatic N) is 3. The zero-order valence-corrected chi connectivity index (χ0v) is 11.1. The Morgan fingerprint density at radius 2 is 2.25 bits per heavy atom. The number of ether oxygens (including phenoxy) is 1. The van der Waals surface area contributed by atoms with Gasteiger partial charge in [-0.1, -0.05) is 0 Å². The summed E-state index contributed by atoms with van der Waals surface area (Å²) in [4.78, 5) is 25.4. The first kappa shape index (κ1) is 13.0. The zero-order valence-electron chi connectivity index (χ0n) is 11.1. The Morgan fingerprint density at radius 3 is 3.10 bits per heavy atom. The second-order valence-electron chi connectivity index (χ2n) is 4.70. The van der Waals surface area contributed by atoms with E-state index in [-0.39, 0.29) is 5.91 Å². The number of carbonyl (C=O) groups excluding carboxylic acids is 1. The number of pyridine rings is 1. The van der Waals surface area contributed by atoms with Gasteiger partial charge in [-0.15, -0.1) is 0 Å². The van der Waals surface area contributed by atoms with Crippen molar-refractivity contribution in [2.45, 2.75) is 0 Å². The predicted molar refractivity (Wildman–Crippen MR) is 73.5 cm³/mol. The van der Waals surface area contributed by atoms with Crippen LogP contribution in [0, 0.1) is 0 Å². The van der Waals surface area contributed by atoms with Gasteiger partial charge < -0.3 is 15.0 Å². The third-order valence-corrected chi connectivity index (χ3v) is 3.36. The fourth-order valence-electron chi connectivity index (χ4n) is 2.21. The number of imidazole rings is 1. The maximum absolute atomic E-state index is 12.0. The molecule has 2 aromatic heterocycles. The quantitative estimate of drug-likeness (QED) is 0.822. The van der Waals surface area contributed by atoms with Gasteiger partial charge >= 0.3 is 0 Å². The molecule has 0 aromatic carbocycles. The van der Waals surface area contributed by atoms with Crippen molar-refractivity contribution in [1.29, 1.82) is 0 Å². The van der Waals surface area contributed by atoms with Gasteiger partial charge in [0.2, 0.25) is 0 Å². The normalized spacial score (nSPS) is 16.4. The third kappa shape index (κ3) is 2.94. The van der Waals surface area contributed by atoms with E-state index >= 15 is 0 Å². The number of fused-ring (bicyclic) bond motifs is 1. The van der Waals surface area contributed by atoms with Crippen molar-refractivity contribution >= 4 is 16.9 Å². The molecule has 1 aliphatic rings. The first-order valence-electron chi connectivity index (χ1n) is 6.70. The Morgan fingerprint density at radius 1 is 1.40 bits per heavy atom. The molecule has 20 heavy (non-hydrogen) atoms. The SMILES string of the molecule is O=C(NCCN1CCOCC1)c1cc2[nH]cnc2cn1. The second kappa shape index (κ2) is 5.98. The van der Waals surface area contributed by atoms with Crippen molar-refractivity contribution in [3.05, 3.63) is 24.3 Å². The highest BCUT2D eigenvalue weighted by Gasteiger charge is 2.12. The van der Waals surface area contributed by atoms with Crippen molar-refractivity contribution < 1.29 is 9.53 Å². The molecule has 106 valence electrons. The number of aromatic nitrogens is 3. The van der Waals surface area contributed by atoms with E-state index in [1.807, 2.05) is 0 Å². The maximum Gasteiger partial charge on any atom is 0.270 e. The molecular formula is C13H17N5O2. The second-order valence-corrected chi connectivity index (χ2v) is 4.70. The summed E-state index contributed by atoms with van der Waals surface area (Å²) in [5.74, 6) is -0.158. The molecule has 7 heteroatoms. The summed E-state index contributed by atoms with van der Waals surface area (Å²) in [6.45, 7) is 4.84. The molecule has 0 radical (unpaired) electrons. The highest BCUT2D eigenvalue weighted by molar-refractivity contribution is 5.94. The Bertz CT molecular complexity index is 591. The van der Waals surface area contributed by atoms with Gasteiger partial charge in [0, 0.05) is 26.2 Å². The Hall–Kier alpha value is -1.99. The standard InChI is InChI=1S/C13H17N5O2/c19-13(14-1-2-18-3-5-20-6-4-18)11-7-10-12(8-15-11)17-9-16-10/h7-9H,1-6H2,(H,14,19)(H,16,17). The van der Waals surface area contributed by atoms with Crippen molar-refractivity contribution in [2.24, 2.45) is 0 Å². The van der Waals surface area contributed by atoms with Crippen LogP contribution in [0.4, 0.5) is 0 Å². The summed E-state index contributed by atoms with van der Waals surface area (Å²) in [6.07, 6.45) is 3.19. The third-order valence-electron chi connectivity index (χ3n) is 3.36. The first-order valence-corrected chi connectivity index (χ1v) is 6.70. The smallest absolute Gasteiger partial charge is 0.270 e. The topological polar surface area (TPSA) is 83.1 Å². The number of nitrogens with one attached hydrogen (secondary N) is 2. The molecule has 0 atom stereocenters. The van der Waals surface area contributed by atoms with Crippen LogP contribution in [-0.2, 0) is 4.74 Å². The van der Waals surface area contributed by atoms with Crippen LogP contribution in [0.3, 0.4) is 0 Å². The van der Waals surface area contributed by atoms with Gasteiger partial charge in [-0.25, -0.2) is 9.97 Å². The van der Waals surface area contributed by atoms with E-state index in [0.717, 1.165) is 43.9 Å². The number of H-pyrrole nitrogens is 1. The van der Waals surface area contributed by atoms with E-state index in [0.29, 0.717) is 12.2 Å². The first-order chi connectivity index (χ1) is 9.83. The highest BCUT2D eigenvalue weighted by atomic mass is 16.5. The van der Waals surface area contributed by atoms with E-state index in [1.54, 1.807) is 18.6 Å². The summed E-state index contributed by atoms with van der Waals surface area (Å²) in [5, 5.41) is 2.88. The lowest BCUT2D eigenvalue weighted by Crippen LogP contribution is -2.41. The van der Waals surface area contributed by atoms with E-state index in [9.17, 15) is 4.79 Å². The van der Waals surface area contributed by atoms with Crippen LogP contribution in [0.25, 0.3) is 11.0 Å². The average Bonchev–Trinajstić information content (AvgIpc) is 2.95. The molecule has 2 aromatic rings. The fraction of sp³-hybridized carbons (Fsp3) is 0.462. The van der Waals surface area contributed by atoms with Gasteiger partial charge in [0.25, 0.3) is 5.91 Å². The Balaban J connectivity index is 1.53. The van der Waals surface area contributed by atoms with E-state index in [2.05, 4.69) is 25.2 Å². The van der Waals surface area contributed by atoms with Gasteiger partial charge in [0.15, 0.2) is 0 Å². The van der Waals surface area contributed by atoms with Crippen molar-refractivity contribution in [3.8, 4) is 0 Å². The number of rotatable bonds is 4. The molecule has 2 N–H and O–H groups in total. The zero-order chi connectivity index (χ0) is 13.8. The van der Waals surface area contributed by atoms with Crippen molar-refractivity contribution in [1.82, 2.24) is 25.2 Å². The van der Waals surface area contributed by atoms with E-state index in [4.69, 9.17) is 4.74 Å². The monoisotopic (exact) mass is 275 g/mol. The van der Waals surface area contributed by atoms with E-state index in [1.165, 1.54) is 0 Å². The minimum Gasteiger partial charge on any atom is -0.379 e. The number of morpholine rings is 1. The van der Waals surface area contributed by atoms with Gasteiger partial charge in [0.05, 0.1) is 31.3 Å². The summed E-state index contributed by atoms with van der Waals surface area (Å²) in [6, 6.07) is 1.71. The molecule has 0 bridgehead atoms. The van der Waals surface area contributed by atoms with Gasteiger partial charge in [-0.2, -0.15) is 0 Å². The minimum atomic E-state index is -0.158. The Labute approximate surface area is 116 Å². The minimum absolute atomic E-state index is 0.158. The highest BCUT2D eigenvalue weighted by Crippen LogP contribution is 2.08. The van der Waals surface area contributed by atoms with Crippen molar-refractivity contribution in [2.75, 3.05) is 39.4 Å². The molecule has 1 fully saturated rings. The van der Waals surface area contributed by atoms with Crippen LogP contribution < -0.4 is 5.32 Å². The fourth-order valence-corrected chi connectivity index (χ4v) is 2.21. The molecule has 0 spiro atoms. The summed E-state index contributed by atoms with van der Waals surface area (Å²) in [5.41, 5.74) is 1.98. The molecule has 3 heterocycles. The molecule has 1 aliphatic heterocycles. The molecule has 1 amide bonds. The maximum atomic E-state index is 12.0. The van der Waals surface area contributed by atoms with Crippen LogP contribution in [0.2, 0.25) is 0 Å². The van der Waals surface area contributed by atoms with Crippen molar-refractivity contribution in [3.63, 3.8) is 0 Å². The molecule has 3 rings (SSSR count). The molecule has 1 saturated heterocycles. The van der Waals surface area contributed by atoms with Gasteiger partial charge in [-0.05, 0) is 6.07 Å². The number of aromatic amines is 1.